The van der Waals surface area contributed by atoms with Crippen LogP contribution in [0.15, 0.2) is 18.2 Å². The number of methoxy groups -OCH3 is 1. The average molecular weight is 260 g/mol. The Labute approximate surface area is 114 Å². The lowest BCUT2D eigenvalue weighted by Gasteiger charge is -2.35. The number of ether oxygens (including phenoxy) is 1. The van der Waals surface area contributed by atoms with E-state index in [-0.39, 0.29) is 0 Å². The van der Waals surface area contributed by atoms with Crippen LogP contribution in [0, 0.1) is 11.3 Å². The fraction of sp³-hybridized carbons (Fsp3) is 0.533. The molecule has 1 aromatic rings. The number of nitrogens with zero attached hydrogens (tertiary/aromatic N) is 2. The van der Waals surface area contributed by atoms with Gasteiger partial charge in [0.2, 0.25) is 0 Å². The van der Waals surface area contributed by atoms with E-state index in [9.17, 15) is 5.11 Å². The van der Waals surface area contributed by atoms with Crippen molar-refractivity contribution in [3.05, 3.63) is 29.3 Å². The summed E-state index contributed by atoms with van der Waals surface area (Å²) in [7, 11) is 1.57. The molecule has 0 saturated carbocycles. The minimum absolute atomic E-state index is 0.520. The van der Waals surface area contributed by atoms with Crippen LogP contribution in [0.3, 0.4) is 0 Å². The van der Waals surface area contributed by atoms with Crippen molar-refractivity contribution in [2.24, 2.45) is 0 Å². The molecule has 2 rings (SSSR count). The van der Waals surface area contributed by atoms with Crippen molar-refractivity contribution in [2.45, 2.75) is 31.9 Å². The predicted octanol–water partition coefficient (Wildman–Crippen LogP) is 1.91. The first kappa shape index (κ1) is 13.9. The fourth-order valence-electron chi connectivity index (χ4n) is 2.39. The Bertz CT molecular complexity index is 481. The van der Waals surface area contributed by atoms with Crippen LogP contribution in [-0.2, 0) is 6.54 Å². The van der Waals surface area contributed by atoms with Crippen molar-refractivity contribution in [3.8, 4) is 11.8 Å². The molecule has 1 aliphatic heterocycles. The summed E-state index contributed by atoms with van der Waals surface area (Å²) >= 11 is 0. The number of nitriles is 1. The summed E-state index contributed by atoms with van der Waals surface area (Å²) in [5.74, 6) is 0.618. The summed E-state index contributed by atoms with van der Waals surface area (Å²) < 4.78 is 5.14. The summed E-state index contributed by atoms with van der Waals surface area (Å²) in [4.78, 5) is 2.31. The first-order chi connectivity index (χ1) is 9.04. The number of aliphatic hydroxyl groups is 1. The first-order valence-corrected chi connectivity index (χ1v) is 6.56. The Hall–Kier alpha value is -1.57. The molecule has 0 bridgehead atoms. The van der Waals surface area contributed by atoms with E-state index in [2.05, 4.69) is 11.0 Å². The minimum atomic E-state index is -0.520. The highest BCUT2D eigenvalue weighted by Gasteiger charge is 2.27. The third-order valence-corrected chi connectivity index (χ3v) is 3.72. The van der Waals surface area contributed by atoms with Gasteiger partial charge in [-0.1, -0.05) is 6.07 Å². The fourth-order valence-corrected chi connectivity index (χ4v) is 2.39. The molecule has 0 amide bonds. The normalized spacial score (nSPS) is 18.8. The van der Waals surface area contributed by atoms with Gasteiger partial charge in [0.25, 0.3) is 0 Å². The number of rotatable bonds is 3. The van der Waals surface area contributed by atoms with Gasteiger partial charge in [-0.2, -0.15) is 5.26 Å². The molecule has 0 spiro atoms. The molecule has 0 unspecified atom stereocenters. The number of hydrogen-bond acceptors (Lipinski definition) is 4. The molecular weight excluding hydrogens is 240 g/mol. The first-order valence-electron chi connectivity index (χ1n) is 6.56. The third kappa shape index (κ3) is 3.46. The second-order valence-electron chi connectivity index (χ2n) is 5.42. The summed E-state index contributed by atoms with van der Waals surface area (Å²) in [6, 6.07) is 7.87. The van der Waals surface area contributed by atoms with E-state index < -0.39 is 5.60 Å². The van der Waals surface area contributed by atoms with Crippen molar-refractivity contribution in [2.75, 3.05) is 20.2 Å². The monoisotopic (exact) mass is 260 g/mol. The van der Waals surface area contributed by atoms with Gasteiger partial charge in [-0.15, -0.1) is 0 Å². The molecule has 102 valence electrons. The quantitative estimate of drug-likeness (QED) is 0.902. The Balaban J connectivity index is 2.03. The summed E-state index contributed by atoms with van der Waals surface area (Å²) in [5.41, 5.74) is 1.16. The summed E-state index contributed by atoms with van der Waals surface area (Å²) in [6.07, 6.45) is 1.60. The van der Waals surface area contributed by atoms with Crippen molar-refractivity contribution >= 4 is 0 Å². The van der Waals surface area contributed by atoms with Crippen LogP contribution in [0.2, 0.25) is 0 Å². The highest BCUT2D eigenvalue weighted by molar-refractivity contribution is 5.45. The minimum Gasteiger partial charge on any atom is -0.495 e. The predicted molar refractivity (Wildman–Crippen MR) is 72.8 cm³/mol. The number of hydrogen-bond donors (Lipinski definition) is 1. The Kier molecular flexibility index (Phi) is 4.08. The van der Waals surface area contributed by atoms with E-state index in [0.29, 0.717) is 11.3 Å². The lowest BCUT2D eigenvalue weighted by Crippen LogP contribution is -2.41. The molecule has 4 nitrogen and oxygen atoms in total. The highest BCUT2D eigenvalue weighted by Crippen LogP contribution is 2.24. The number of piperidine rings is 1. The van der Waals surface area contributed by atoms with Crippen LogP contribution in [0.5, 0.6) is 5.75 Å². The molecule has 1 fully saturated rings. The molecule has 1 aromatic carbocycles. The van der Waals surface area contributed by atoms with E-state index >= 15 is 0 Å². The zero-order valence-corrected chi connectivity index (χ0v) is 11.5. The van der Waals surface area contributed by atoms with Gasteiger partial charge in [-0.05, 0) is 37.5 Å². The van der Waals surface area contributed by atoms with E-state index in [1.807, 2.05) is 25.1 Å². The van der Waals surface area contributed by atoms with Gasteiger partial charge in [-0.3, -0.25) is 4.90 Å². The summed E-state index contributed by atoms with van der Waals surface area (Å²) in [6.45, 7) is 4.49. The maximum Gasteiger partial charge on any atom is 0.136 e. The maximum atomic E-state index is 9.92. The van der Waals surface area contributed by atoms with Crippen LogP contribution < -0.4 is 4.74 Å². The van der Waals surface area contributed by atoms with Gasteiger partial charge in [0.15, 0.2) is 0 Å². The van der Waals surface area contributed by atoms with E-state index in [1.165, 1.54) is 0 Å². The topological polar surface area (TPSA) is 56.5 Å². The molecular formula is C15H20N2O2. The van der Waals surface area contributed by atoms with Gasteiger partial charge in [0.05, 0.1) is 18.3 Å². The van der Waals surface area contributed by atoms with Crippen LogP contribution in [0.1, 0.15) is 30.9 Å². The zero-order valence-electron chi connectivity index (χ0n) is 11.5. The Morgan fingerprint density at radius 2 is 2.11 bits per heavy atom. The van der Waals surface area contributed by atoms with E-state index in [1.54, 1.807) is 7.11 Å². The van der Waals surface area contributed by atoms with Crippen molar-refractivity contribution in [1.29, 1.82) is 5.26 Å². The van der Waals surface area contributed by atoms with Crippen molar-refractivity contribution in [1.82, 2.24) is 4.90 Å². The smallest absolute Gasteiger partial charge is 0.136 e. The highest BCUT2D eigenvalue weighted by atomic mass is 16.5. The van der Waals surface area contributed by atoms with Crippen LogP contribution >= 0.6 is 0 Å². The van der Waals surface area contributed by atoms with E-state index in [0.717, 1.165) is 38.0 Å². The largest absolute Gasteiger partial charge is 0.495 e. The molecule has 0 atom stereocenters. The van der Waals surface area contributed by atoms with Gasteiger partial charge in [0.1, 0.15) is 11.8 Å². The van der Waals surface area contributed by atoms with Gasteiger partial charge in [-0.25, -0.2) is 0 Å². The average Bonchev–Trinajstić information content (AvgIpc) is 2.41. The molecule has 1 saturated heterocycles. The van der Waals surface area contributed by atoms with Crippen LogP contribution in [0.25, 0.3) is 0 Å². The third-order valence-electron chi connectivity index (χ3n) is 3.72. The van der Waals surface area contributed by atoms with Gasteiger partial charge >= 0.3 is 0 Å². The SMILES string of the molecule is COc1ccc(CN2CCC(C)(O)CC2)cc1C#N. The van der Waals surface area contributed by atoms with Crippen LogP contribution in [0.4, 0.5) is 0 Å². The lowest BCUT2D eigenvalue weighted by molar-refractivity contribution is -0.00730. The molecule has 1 heterocycles. The van der Waals surface area contributed by atoms with Crippen molar-refractivity contribution < 1.29 is 9.84 Å². The van der Waals surface area contributed by atoms with Crippen molar-refractivity contribution in [3.63, 3.8) is 0 Å². The Morgan fingerprint density at radius 1 is 1.42 bits per heavy atom. The second kappa shape index (κ2) is 5.60. The van der Waals surface area contributed by atoms with Crippen LogP contribution in [-0.4, -0.2) is 35.8 Å². The van der Waals surface area contributed by atoms with E-state index in [4.69, 9.17) is 10.00 Å². The summed E-state index contributed by atoms with van der Waals surface area (Å²) in [5, 5.41) is 19.0. The number of benzene rings is 1. The molecule has 1 N–H and O–H groups in total. The molecule has 0 aromatic heterocycles. The molecule has 1 aliphatic rings. The zero-order chi connectivity index (χ0) is 13.9. The Morgan fingerprint density at radius 3 is 2.68 bits per heavy atom. The molecule has 19 heavy (non-hydrogen) atoms. The lowest BCUT2D eigenvalue weighted by atomic mass is 9.93. The molecule has 4 heteroatoms. The second-order valence-corrected chi connectivity index (χ2v) is 5.42. The van der Waals surface area contributed by atoms with Gasteiger partial charge in [0, 0.05) is 19.6 Å². The van der Waals surface area contributed by atoms with Gasteiger partial charge < -0.3 is 9.84 Å². The molecule has 0 aliphatic carbocycles. The standard InChI is InChI=1S/C15H20N2O2/c1-15(18)5-7-17(8-6-15)11-12-3-4-14(19-2)13(9-12)10-16/h3-4,9,18H,5-8,11H2,1-2H3. The maximum absolute atomic E-state index is 9.92. The molecule has 0 radical (unpaired) electrons. The number of likely N-dealkylation sites (tertiary alicyclic amines) is 1.